The number of anilines is 1. The van der Waals surface area contributed by atoms with Crippen LogP contribution in [0.1, 0.15) is 27.2 Å². The third-order valence-corrected chi connectivity index (χ3v) is 3.15. The molecule has 3 N–H and O–H groups in total. The van der Waals surface area contributed by atoms with Gasteiger partial charge in [-0.05, 0) is 32.9 Å². The number of nitrogens with one attached hydrogen (secondary N) is 3. The van der Waals surface area contributed by atoms with E-state index >= 15 is 0 Å². The number of hydrogen-bond acceptors (Lipinski definition) is 4. The van der Waals surface area contributed by atoms with Crippen molar-refractivity contribution in [3.8, 4) is 5.75 Å². The molecule has 0 saturated heterocycles. The van der Waals surface area contributed by atoms with Crippen LogP contribution in [-0.4, -0.2) is 52.0 Å². The fourth-order valence-electron chi connectivity index (χ4n) is 1.99. The molecule has 0 atom stereocenters. The van der Waals surface area contributed by atoms with Crippen LogP contribution in [0.4, 0.5) is 5.69 Å². The number of rotatable bonds is 9. The fraction of sp³-hybridized carbons (Fsp3) is 0.611. The molecule has 0 aliphatic rings. The average molecular weight is 464 g/mol. The minimum Gasteiger partial charge on any atom is -0.493 e. The van der Waals surface area contributed by atoms with Crippen LogP contribution in [-0.2, 0) is 4.74 Å². The van der Waals surface area contributed by atoms with Gasteiger partial charge in [-0.1, -0.05) is 6.07 Å². The van der Waals surface area contributed by atoms with Crippen LogP contribution in [0.3, 0.4) is 0 Å². The summed E-state index contributed by atoms with van der Waals surface area (Å²) in [4.78, 5) is 4.24. The Morgan fingerprint density at radius 2 is 1.92 bits per heavy atom. The van der Waals surface area contributed by atoms with Gasteiger partial charge in [0, 0.05) is 57.6 Å². The van der Waals surface area contributed by atoms with Crippen LogP contribution >= 0.6 is 24.0 Å². The molecule has 0 radical (unpaired) electrons. The predicted octanol–water partition coefficient (Wildman–Crippen LogP) is 3.10. The lowest BCUT2D eigenvalue weighted by Gasteiger charge is -2.21. The van der Waals surface area contributed by atoms with Crippen LogP contribution < -0.4 is 20.7 Å². The lowest BCUT2D eigenvalue weighted by molar-refractivity contribution is 0.172. The SMILES string of the molecule is CN=C(NCCNC(C)(C)C)Nc1cccc(OCCCOC)c1.I. The average Bonchev–Trinajstić information content (AvgIpc) is 2.54. The molecule has 0 unspecified atom stereocenters. The van der Waals surface area contributed by atoms with Gasteiger partial charge in [-0.25, -0.2) is 0 Å². The van der Waals surface area contributed by atoms with Crippen molar-refractivity contribution >= 4 is 35.6 Å². The molecule has 0 aliphatic carbocycles. The molecular weight excluding hydrogens is 431 g/mol. The molecule has 0 heterocycles. The highest BCUT2D eigenvalue weighted by atomic mass is 127. The van der Waals surface area contributed by atoms with E-state index in [-0.39, 0.29) is 29.5 Å². The van der Waals surface area contributed by atoms with E-state index < -0.39 is 0 Å². The zero-order valence-electron chi connectivity index (χ0n) is 16.0. The molecule has 7 heteroatoms. The van der Waals surface area contributed by atoms with E-state index in [2.05, 4.69) is 41.7 Å². The van der Waals surface area contributed by atoms with Gasteiger partial charge < -0.3 is 25.4 Å². The maximum Gasteiger partial charge on any atom is 0.195 e. The summed E-state index contributed by atoms with van der Waals surface area (Å²) in [5.41, 5.74) is 1.06. The second kappa shape index (κ2) is 13.2. The molecule has 0 aliphatic heterocycles. The number of halogens is 1. The van der Waals surface area contributed by atoms with Crippen LogP contribution in [0, 0.1) is 0 Å². The molecule has 6 nitrogen and oxygen atoms in total. The minimum absolute atomic E-state index is 0. The standard InChI is InChI=1S/C18H32N4O2.HI/c1-18(2,3)21-11-10-20-17(19-4)22-15-8-6-9-16(14-15)24-13-7-12-23-5;/h6,8-9,14,21H,7,10-13H2,1-5H3,(H2,19,20,22);1H. The van der Waals surface area contributed by atoms with Crippen LogP contribution in [0.2, 0.25) is 0 Å². The summed E-state index contributed by atoms with van der Waals surface area (Å²) in [5, 5.41) is 10.00. The third kappa shape index (κ3) is 12.0. The zero-order valence-corrected chi connectivity index (χ0v) is 18.3. The molecule has 144 valence electrons. The first-order chi connectivity index (χ1) is 11.4. The molecule has 1 rings (SSSR count). The van der Waals surface area contributed by atoms with Gasteiger partial charge in [0.15, 0.2) is 5.96 Å². The molecule has 0 saturated carbocycles. The minimum atomic E-state index is 0. The van der Waals surface area contributed by atoms with Crippen LogP contribution in [0.5, 0.6) is 5.75 Å². The van der Waals surface area contributed by atoms with Crippen LogP contribution in [0.25, 0.3) is 0 Å². The molecule has 0 spiro atoms. The first-order valence-corrected chi connectivity index (χ1v) is 8.39. The van der Waals surface area contributed by atoms with Gasteiger partial charge in [-0.15, -0.1) is 24.0 Å². The van der Waals surface area contributed by atoms with Crippen molar-refractivity contribution in [1.29, 1.82) is 0 Å². The van der Waals surface area contributed by atoms with Gasteiger partial charge in [0.2, 0.25) is 0 Å². The Balaban J connectivity index is 0.00000576. The monoisotopic (exact) mass is 464 g/mol. The van der Waals surface area contributed by atoms with E-state index in [1.807, 2.05) is 24.3 Å². The van der Waals surface area contributed by atoms with Crippen molar-refractivity contribution in [1.82, 2.24) is 10.6 Å². The zero-order chi connectivity index (χ0) is 17.8. The van der Waals surface area contributed by atoms with Crippen molar-refractivity contribution in [3.63, 3.8) is 0 Å². The number of aliphatic imine (C=N–C) groups is 1. The molecule has 0 bridgehead atoms. The maximum absolute atomic E-state index is 5.71. The molecular formula is C18H33IN4O2. The first kappa shape index (κ1) is 23.9. The Bertz CT molecular complexity index is 504. The summed E-state index contributed by atoms with van der Waals surface area (Å²) < 4.78 is 10.7. The third-order valence-electron chi connectivity index (χ3n) is 3.15. The Labute approximate surface area is 169 Å². The summed E-state index contributed by atoms with van der Waals surface area (Å²) in [5.74, 6) is 1.57. The van der Waals surface area contributed by atoms with E-state index in [0.717, 1.165) is 36.9 Å². The largest absolute Gasteiger partial charge is 0.493 e. The lowest BCUT2D eigenvalue weighted by Crippen LogP contribution is -2.42. The Morgan fingerprint density at radius 3 is 2.56 bits per heavy atom. The Hall–Kier alpha value is -1.06. The molecule has 1 aromatic carbocycles. The number of nitrogens with zero attached hydrogens (tertiary/aromatic N) is 1. The lowest BCUT2D eigenvalue weighted by atomic mass is 10.1. The number of benzene rings is 1. The van der Waals surface area contributed by atoms with E-state index in [1.165, 1.54) is 0 Å². The van der Waals surface area contributed by atoms with Gasteiger partial charge in [0.25, 0.3) is 0 Å². The Kier molecular flexibility index (Phi) is 12.6. The van der Waals surface area contributed by atoms with Gasteiger partial charge >= 0.3 is 0 Å². The van der Waals surface area contributed by atoms with E-state index in [9.17, 15) is 0 Å². The van der Waals surface area contributed by atoms with E-state index in [4.69, 9.17) is 9.47 Å². The topological polar surface area (TPSA) is 66.9 Å². The number of methoxy groups -OCH3 is 1. The van der Waals surface area contributed by atoms with Crippen molar-refractivity contribution in [2.45, 2.75) is 32.7 Å². The highest BCUT2D eigenvalue weighted by Crippen LogP contribution is 2.17. The molecule has 25 heavy (non-hydrogen) atoms. The summed E-state index contributed by atoms with van der Waals surface area (Å²) >= 11 is 0. The van der Waals surface area contributed by atoms with Gasteiger partial charge in [-0.3, -0.25) is 4.99 Å². The highest BCUT2D eigenvalue weighted by Gasteiger charge is 2.07. The maximum atomic E-state index is 5.71. The first-order valence-electron chi connectivity index (χ1n) is 8.39. The second-order valence-electron chi connectivity index (χ2n) is 6.52. The van der Waals surface area contributed by atoms with Gasteiger partial charge in [0.1, 0.15) is 5.75 Å². The smallest absolute Gasteiger partial charge is 0.195 e. The predicted molar refractivity (Wildman–Crippen MR) is 117 cm³/mol. The summed E-state index contributed by atoms with van der Waals surface area (Å²) in [6.07, 6.45) is 0.873. The summed E-state index contributed by atoms with van der Waals surface area (Å²) in [6, 6.07) is 7.86. The molecule has 1 aromatic rings. The van der Waals surface area contributed by atoms with Gasteiger partial charge in [-0.2, -0.15) is 0 Å². The second-order valence-corrected chi connectivity index (χ2v) is 6.52. The number of hydrogen-bond donors (Lipinski definition) is 3. The summed E-state index contributed by atoms with van der Waals surface area (Å²) in [6.45, 7) is 9.46. The van der Waals surface area contributed by atoms with Crippen molar-refractivity contribution in [2.75, 3.05) is 45.8 Å². The van der Waals surface area contributed by atoms with Crippen LogP contribution in [0.15, 0.2) is 29.3 Å². The molecule has 0 amide bonds. The highest BCUT2D eigenvalue weighted by molar-refractivity contribution is 14.0. The Morgan fingerprint density at radius 1 is 1.16 bits per heavy atom. The van der Waals surface area contributed by atoms with Crippen molar-refractivity contribution in [2.24, 2.45) is 4.99 Å². The number of guanidine groups is 1. The normalized spacial score (nSPS) is 11.6. The van der Waals surface area contributed by atoms with E-state index in [1.54, 1.807) is 14.2 Å². The quantitative estimate of drug-likeness (QED) is 0.227. The van der Waals surface area contributed by atoms with Crippen molar-refractivity contribution in [3.05, 3.63) is 24.3 Å². The molecule has 0 aromatic heterocycles. The molecule has 0 fully saturated rings. The number of ether oxygens (including phenoxy) is 2. The van der Waals surface area contributed by atoms with E-state index in [0.29, 0.717) is 13.2 Å². The fourth-order valence-corrected chi connectivity index (χ4v) is 1.99. The van der Waals surface area contributed by atoms with Crippen molar-refractivity contribution < 1.29 is 9.47 Å². The summed E-state index contributed by atoms with van der Waals surface area (Å²) in [7, 11) is 3.46. The van der Waals surface area contributed by atoms with Gasteiger partial charge in [0.05, 0.1) is 6.61 Å².